The summed E-state index contributed by atoms with van der Waals surface area (Å²) in [7, 11) is 1.99. The fraction of sp³-hybridized carbons (Fsp3) is 0.222. The van der Waals surface area contributed by atoms with Gasteiger partial charge < -0.3 is 9.67 Å². The second kappa shape index (κ2) is 8.74. The predicted octanol–water partition coefficient (Wildman–Crippen LogP) is 5.07. The highest BCUT2D eigenvalue weighted by Crippen LogP contribution is 2.29. The van der Waals surface area contributed by atoms with Crippen LogP contribution in [0.3, 0.4) is 0 Å². The van der Waals surface area contributed by atoms with Gasteiger partial charge in [0.25, 0.3) is 0 Å². The third-order valence-electron chi connectivity index (χ3n) is 6.51. The number of nitrogens with zero attached hydrogens (tertiary/aromatic N) is 4. The molecule has 2 aromatic carbocycles. The Labute approximate surface area is 206 Å². The number of carboxylic acids is 1. The van der Waals surface area contributed by atoms with Crippen molar-refractivity contribution in [1.29, 1.82) is 0 Å². The zero-order valence-electron chi connectivity index (χ0n) is 19.7. The number of aryl methyl sites for hydroxylation is 3. The molecule has 0 radical (unpaired) electrons. The zero-order valence-corrected chi connectivity index (χ0v) is 20.5. The van der Waals surface area contributed by atoms with Crippen molar-refractivity contribution < 1.29 is 9.90 Å². The highest BCUT2D eigenvalue weighted by Gasteiger charge is 2.26. The number of benzene rings is 2. The average molecular weight is 489 g/mol. The van der Waals surface area contributed by atoms with Gasteiger partial charge in [0, 0.05) is 34.9 Å². The van der Waals surface area contributed by atoms with Crippen molar-refractivity contribution in [2.75, 3.05) is 0 Å². The Hall–Kier alpha value is -3.84. The minimum absolute atomic E-state index is 0.260. The van der Waals surface area contributed by atoms with E-state index in [1.165, 1.54) is 4.57 Å². The number of aliphatic carboxylic acids is 1. The lowest BCUT2D eigenvalue weighted by molar-refractivity contribution is -0.137. The SMILES string of the molecule is Cc1ccc2c(n1)n(C(CC(=O)O)c1ccc(Cl)cc1)c(=O)n2Cc1cn(C)c2cccc(C)c12. The highest BCUT2D eigenvalue weighted by atomic mass is 35.5. The molecule has 0 saturated carbocycles. The highest BCUT2D eigenvalue weighted by molar-refractivity contribution is 6.30. The molecule has 0 spiro atoms. The van der Waals surface area contributed by atoms with Gasteiger partial charge in [-0.15, -0.1) is 0 Å². The van der Waals surface area contributed by atoms with Gasteiger partial charge in [0.05, 0.1) is 24.5 Å². The number of hydrogen-bond donors (Lipinski definition) is 1. The number of hydrogen-bond acceptors (Lipinski definition) is 3. The average Bonchev–Trinajstić information content (AvgIpc) is 3.27. The lowest BCUT2D eigenvalue weighted by atomic mass is 10.0. The standard InChI is InChI=1S/C27H25ClN4O3/c1-16-5-4-6-21-25(16)19(14-30(21)3)15-31-22-12-7-17(2)29-26(22)32(27(31)35)23(13-24(33)34)18-8-10-20(28)11-9-18/h4-12,14,23H,13,15H2,1-3H3,(H,33,34). The molecule has 1 atom stereocenters. The Balaban J connectivity index is 1.74. The number of fused-ring (bicyclic) bond motifs is 2. The molecule has 0 bridgehead atoms. The van der Waals surface area contributed by atoms with Crippen molar-refractivity contribution >= 4 is 39.6 Å². The molecular weight excluding hydrogens is 464 g/mol. The normalized spacial score (nSPS) is 12.5. The number of carboxylic acid groups (broad SMARTS) is 1. The molecule has 5 rings (SSSR count). The first kappa shape index (κ1) is 22.9. The van der Waals surface area contributed by atoms with E-state index in [9.17, 15) is 14.7 Å². The first-order chi connectivity index (χ1) is 16.7. The van der Waals surface area contributed by atoms with E-state index in [1.54, 1.807) is 28.8 Å². The zero-order chi connectivity index (χ0) is 24.9. The van der Waals surface area contributed by atoms with Crippen LogP contribution in [-0.4, -0.2) is 29.8 Å². The van der Waals surface area contributed by atoms with Gasteiger partial charge in [0.1, 0.15) is 0 Å². The molecule has 7 nitrogen and oxygen atoms in total. The summed E-state index contributed by atoms with van der Waals surface area (Å²) >= 11 is 6.07. The van der Waals surface area contributed by atoms with E-state index in [0.717, 1.165) is 27.7 Å². The van der Waals surface area contributed by atoms with Crippen LogP contribution in [0.1, 0.15) is 34.8 Å². The number of halogens is 1. The van der Waals surface area contributed by atoms with Crippen molar-refractivity contribution in [1.82, 2.24) is 18.7 Å². The molecule has 3 heterocycles. The summed E-state index contributed by atoms with van der Waals surface area (Å²) in [6.45, 7) is 4.26. The van der Waals surface area contributed by atoms with Gasteiger partial charge in [-0.2, -0.15) is 0 Å². The third kappa shape index (κ3) is 4.02. The van der Waals surface area contributed by atoms with Crippen LogP contribution >= 0.6 is 11.6 Å². The van der Waals surface area contributed by atoms with Gasteiger partial charge in [0.2, 0.25) is 0 Å². The maximum atomic E-state index is 14.0. The summed E-state index contributed by atoms with van der Waals surface area (Å²) in [5.74, 6) is -1.00. The first-order valence-electron chi connectivity index (χ1n) is 11.3. The monoisotopic (exact) mass is 488 g/mol. The number of rotatable bonds is 6. The molecule has 1 N–H and O–H groups in total. The molecule has 8 heteroatoms. The van der Waals surface area contributed by atoms with E-state index in [-0.39, 0.29) is 12.1 Å². The van der Waals surface area contributed by atoms with E-state index < -0.39 is 12.0 Å². The summed E-state index contributed by atoms with van der Waals surface area (Å²) in [6, 6.07) is 16.1. The van der Waals surface area contributed by atoms with Crippen molar-refractivity contribution in [2.45, 2.75) is 32.9 Å². The van der Waals surface area contributed by atoms with E-state index in [0.29, 0.717) is 28.3 Å². The van der Waals surface area contributed by atoms with E-state index in [4.69, 9.17) is 11.6 Å². The Kier molecular flexibility index (Phi) is 5.73. The second-order valence-electron chi connectivity index (χ2n) is 8.93. The van der Waals surface area contributed by atoms with Crippen LogP contribution in [0.25, 0.3) is 22.1 Å². The van der Waals surface area contributed by atoms with Crippen molar-refractivity contribution in [2.24, 2.45) is 7.05 Å². The number of carbonyl (C=O) groups is 1. The van der Waals surface area contributed by atoms with Gasteiger partial charge in [-0.3, -0.25) is 13.9 Å². The molecule has 0 saturated heterocycles. The lowest BCUT2D eigenvalue weighted by Crippen LogP contribution is -2.29. The smallest absolute Gasteiger partial charge is 0.331 e. The Morgan fingerprint density at radius 2 is 1.80 bits per heavy atom. The molecule has 0 aliphatic heterocycles. The lowest BCUT2D eigenvalue weighted by Gasteiger charge is -2.17. The van der Waals surface area contributed by atoms with E-state index >= 15 is 0 Å². The van der Waals surface area contributed by atoms with Crippen LogP contribution < -0.4 is 5.69 Å². The van der Waals surface area contributed by atoms with Gasteiger partial charge >= 0.3 is 11.7 Å². The molecule has 178 valence electrons. The number of aromatic nitrogens is 4. The van der Waals surface area contributed by atoms with Crippen molar-refractivity contribution in [3.05, 3.63) is 98.7 Å². The molecule has 0 aliphatic rings. The first-order valence-corrected chi connectivity index (χ1v) is 11.7. The fourth-order valence-corrected chi connectivity index (χ4v) is 5.04. The molecule has 0 amide bonds. The van der Waals surface area contributed by atoms with E-state index in [1.807, 2.05) is 38.4 Å². The maximum absolute atomic E-state index is 14.0. The Bertz CT molecular complexity index is 1640. The largest absolute Gasteiger partial charge is 0.481 e. The topological polar surface area (TPSA) is 82.1 Å². The van der Waals surface area contributed by atoms with Crippen molar-refractivity contribution in [3.63, 3.8) is 0 Å². The van der Waals surface area contributed by atoms with Crippen molar-refractivity contribution in [3.8, 4) is 0 Å². The van der Waals surface area contributed by atoms with Crippen LogP contribution in [0.5, 0.6) is 0 Å². The second-order valence-corrected chi connectivity index (χ2v) is 9.37. The Morgan fingerprint density at radius 3 is 2.51 bits per heavy atom. The minimum atomic E-state index is -1.00. The fourth-order valence-electron chi connectivity index (χ4n) is 4.91. The van der Waals surface area contributed by atoms with Crippen LogP contribution in [0.15, 0.2) is 65.6 Å². The molecule has 1 unspecified atom stereocenters. The Morgan fingerprint density at radius 1 is 1.06 bits per heavy atom. The summed E-state index contributed by atoms with van der Waals surface area (Å²) in [6.07, 6.45) is 1.78. The number of imidazole rings is 1. The van der Waals surface area contributed by atoms with E-state index in [2.05, 4.69) is 28.6 Å². The van der Waals surface area contributed by atoms with Gasteiger partial charge in [-0.05, 0) is 60.9 Å². The molecule has 5 aromatic rings. The molecule has 0 fully saturated rings. The third-order valence-corrected chi connectivity index (χ3v) is 6.77. The van der Waals surface area contributed by atoms with Gasteiger partial charge in [-0.25, -0.2) is 9.78 Å². The minimum Gasteiger partial charge on any atom is -0.481 e. The predicted molar refractivity (Wildman–Crippen MR) is 137 cm³/mol. The summed E-state index contributed by atoms with van der Waals surface area (Å²) < 4.78 is 5.26. The summed E-state index contributed by atoms with van der Waals surface area (Å²) in [5.41, 5.74) is 5.50. The number of pyridine rings is 1. The molecule has 3 aromatic heterocycles. The van der Waals surface area contributed by atoms with Crippen LogP contribution in [-0.2, 0) is 18.4 Å². The van der Waals surface area contributed by atoms with Crippen LogP contribution in [0.2, 0.25) is 5.02 Å². The van der Waals surface area contributed by atoms with Crippen LogP contribution in [0, 0.1) is 13.8 Å². The molecular formula is C27H25ClN4O3. The van der Waals surface area contributed by atoms with Gasteiger partial charge in [-0.1, -0.05) is 35.9 Å². The molecule has 35 heavy (non-hydrogen) atoms. The summed E-state index contributed by atoms with van der Waals surface area (Å²) in [5, 5.41) is 11.4. The van der Waals surface area contributed by atoms with Gasteiger partial charge in [0.15, 0.2) is 5.65 Å². The quantitative estimate of drug-likeness (QED) is 0.361. The van der Waals surface area contributed by atoms with Crippen LogP contribution in [0.4, 0.5) is 0 Å². The molecule has 0 aliphatic carbocycles. The maximum Gasteiger partial charge on any atom is 0.331 e. The summed E-state index contributed by atoms with van der Waals surface area (Å²) in [4.78, 5) is 30.5.